The van der Waals surface area contributed by atoms with Crippen molar-refractivity contribution in [1.82, 2.24) is 0 Å². The first-order chi connectivity index (χ1) is 8.18. The fourth-order valence-corrected chi connectivity index (χ4v) is 7.86. The van der Waals surface area contributed by atoms with Gasteiger partial charge in [-0.2, -0.15) is 11.8 Å². The maximum absolute atomic E-state index is 2.64. The van der Waals surface area contributed by atoms with Crippen molar-refractivity contribution in [3.8, 4) is 0 Å². The Kier molecular flexibility index (Phi) is 18.1. The molecule has 0 aliphatic rings. The van der Waals surface area contributed by atoms with Gasteiger partial charge in [0, 0.05) is 19.7 Å². The number of unbranched alkanes of at least 4 members (excludes halogenated alkanes) is 3. The fourth-order valence-electron chi connectivity index (χ4n) is 2.05. The Morgan fingerprint density at radius 1 is 0.722 bits per heavy atom. The second-order valence-electron chi connectivity index (χ2n) is 5.46. The second-order valence-corrected chi connectivity index (χ2v) is 11.3. The van der Waals surface area contributed by atoms with Crippen LogP contribution in [0.2, 0.25) is 0 Å². The van der Waals surface area contributed by atoms with Crippen LogP contribution < -0.4 is 24.0 Å². The number of halogens is 1. The van der Waals surface area contributed by atoms with E-state index in [9.17, 15) is 0 Å². The predicted molar refractivity (Wildman–Crippen MR) is 89.5 cm³/mol. The Balaban J connectivity index is 0. The minimum Gasteiger partial charge on any atom is -1.00 e. The smallest absolute Gasteiger partial charge is 0.0682 e. The molecule has 18 heavy (non-hydrogen) atoms. The molecule has 0 aromatic carbocycles. The van der Waals surface area contributed by atoms with Crippen LogP contribution in [0.4, 0.5) is 0 Å². The Morgan fingerprint density at radius 2 is 1.22 bits per heavy atom. The summed E-state index contributed by atoms with van der Waals surface area (Å²) in [6.07, 6.45) is 13.1. The molecule has 0 nitrogen and oxygen atoms in total. The highest BCUT2D eigenvalue weighted by Crippen LogP contribution is 2.56. The molecule has 0 atom stereocenters. The molecule has 0 unspecified atom stereocenters. The van der Waals surface area contributed by atoms with Crippen LogP contribution in [0.1, 0.15) is 59.3 Å². The summed E-state index contributed by atoms with van der Waals surface area (Å²) in [5.41, 5.74) is 0. The SMILES string of the molecule is CCCCSCC[P+](C)(CCCC)CCCC.[I-]. The summed E-state index contributed by atoms with van der Waals surface area (Å²) in [6, 6.07) is 0. The summed E-state index contributed by atoms with van der Waals surface area (Å²) in [6.45, 7) is 9.60. The molecule has 0 rings (SSSR count). The van der Waals surface area contributed by atoms with E-state index in [1.165, 1.54) is 50.0 Å². The molecule has 0 aromatic heterocycles. The Morgan fingerprint density at radius 3 is 1.67 bits per heavy atom. The molecule has 0 aliphatic heterocycles. The largest absolute Gasteiger partial charge is 1.00 e. The van der Waals surface area contributed by atoms with E-state index in [0.717, 1.165) is 0 Å². The molecule has 0 saturated heterocycles. The molecule has 0 bridgehead atoms. The summed E-state index contributed by atoms with van der Waals surface area (Å²) in [4.78, 5) is 0. The Bertz CT molecular complexity index is 157. The molecule has 0 spiro atoms. The highest BCUT2D eigenvalue weighted by Gasteiger charge is 2.29. The third-order valence-electron chi connectivity index (χ3n) is 3.52. The number of rotatable bonds is 12. The summed E-state index contributed by atoms with van der Waals surface area (Å²) in [7, 11) is -0.572. The van der Waals surface area contributed by atoms with Crippen LogP contribution in [-0.4, -0.2) is 36.7 Å². The number of hydrogen-bond acceptors (Lipinski definition) is 1. The lowest BCUT2D eigenvalue weighted by Crippen LogP contribution is -3.00. The van der Waals surface area contributed by atoms with E-state index in [1.54, 1.807) is 18.5 Å². The van der Waals surface area contributed by atoms with Gasteiger partial charge in [0.2, 0.25) is 0 Å². The Labute approximate surface area is 138 Å². The average Bonchev–Trinajstić information content (AvgIpc) is 2.34. The number of thioether (sulfide) groups is 1. The zero-order chi connectivity index (χ0) is 13.0. The van der Waals surface area contributed by atoms with Gasteiger partial charge in [-0.1, -0.05) is 40.0 Å². The average molecular weight is 404 g/mol. The molecule has 0 saturated carbocycles. The minimum atomic E-state index is -0.572. The predicted octanol–water partition coefficient (Wildman–Crippen LogP) is 2.77. The summed E-state index contributed by atoms with van der Waals surface area (Å²) < 4.78 is 0. The first-order valence-corrected chi connectivity index (χ1v) is 11.5. The lowest BCUT2D eigenvalue weighted by molar-refractivity contribution is -0.00000395. The van der Waals surface area contributed by atoms with Crippen LogP contribution in [0.15, 0.2) is 0 Å². The highest BCUT2D eigenvalue weighted by molar-refractivity contribution is 7.99. The van der Waals surface area contributed by atoms with Gasteiger partial charge in [0.15, 0.2) is 0 Å². The van der Waals surface area contributed by atoms with E-state index in [4.69, 9.17) is 0 Å². The Hall–Kier alpha value is 1.51. The van der Waals surface area contributed by atoms with E-state index in [-0.39, 0.29) is 24.0 Å². The molecule has 0 aromatic rings. The van der Waals surface area contributed by atoms with Gasteiger partial charge < -0.3 is 24.0 Å². The van der Waals surface area contributed by atoms with Crippen molar-refractivity contribution < 1.29 is 24.0 Å². The fraction of sp³-hybridized carbons (Fsp3) is 1.00. The van der Waals surface area contributed by atoms with Crippen molar-refractivity contribution in [2.45, 2.75) is 59.3 Å². The van der Waals surface area contributed by atoms with Crippen LogP contribution >= 0.6 is 19.0 Å². The monoisotopic (exact) mass is 404 g/mol. The van der Waals surface area contributed by atoms with Crippen LogP contribution in [0.25, 0.3) is 0 Å². The van der Waals surface area contributed by atoms with Gasteiger partial charge >= 0.3 is 0 Å². The van der Waals surface area contributed by atoms with E-state index >= 15 is 0 Å². The van der Waals surface area contributed by atoms with Gasteiger partial charge in [-0.15, -0.1) is 0 Å². The number of hydrogen-bond donors (Lipinski definition) is 0. The molecule has 0 aliphatic carbocycles. The topological polar surface area (TPSA) is 0 Å². The van der Waals surface area contributed by atoms with E-state index in [2.05, 4.69) is 39.2 Å². The highest BCUT2D eigenvalue weighted by atomic mass is 127. The zero-order valence-corrected chi connectivity index (χ0v) is 16.9. The van der Waals surface area contributed by atoms with Crippen molar-refractivity contribution in [2.24, 2.45) is 0 Å². The molecular formula is C15H34IPS. The molecule has 0 amide bonds. The lowest BCUT2D eigenvalue weighted by Gasteiger charge is -2.23. The van der Waals surface area contributed by atoms with Crippen molar-refractivity contribution in [3.05, 3.63) is 0 Å². The summed E-state index contributed by atoms with van der Waals surface area (Å²) >= 11 is 2.20. The normalized spacial score (nSPS) is 11.3. The maximum Gasteiger partial charge on any atom is 0.0682 e. The van der Waals surface area contributed by atoms with Crippen LogP contribution in [0.5, 0.6) is 0 Å². The van der Waals surface area contributed by atoms with Crippen molar-refractivity contribution in [2.75, 3.05) is 36.7 Å². The van der Waals surface area contributed by atoms with E-state index in [1.807, 2.05) is 0 Å². The van der Waals surface area contributed by atoms with Gasteiger partial charge in [0.05, 0.1) is 18.5 Å². The van der Waals surface area contributed by atoms with Crippen molar-refractivity contribution >= 4 is 19.0 Å². The second kappa shape index (κ2) is 14.9. The molecule has 112 valence electrons. The third-order valence-corrected chi connectivity index (χ3v) is 8.99. The van der Waals surface area contributed by atoms with Crippen LogP contribution in [-0.2, 0) is 0 Å². The van der Waals surface area contributed by atoms with Gasteiger partial charge in [0.25, 0.3) is 0 Å². The summed E-state index contributed by atoms with van der Waals surface area (Å²) in [5, 5.41) is 0. The standard InChI is InChI=1S/C15H34PS.HI/c1-5-8-11-16(4,12-9-6-2)13-15-17-14-10-7-3;/h5-15H2,1-4H3;1H/q+1;/p-1. The first-order valence-electron chi connectivity index (χ1n) is 7.59. The lowest BCUT2D eigenvalue weighted by atomic mass is 10.4. The molecule has 0 N–H and O–H groups in total. The minimum absolute atomic E-state index is 0. The van der Waals surface area contributed by atoms with E-state index in [0.29, 0.717) is 0 Å². The zero-order valence-electron chi connectivity index (χ0n) is 13.0. The van der Waals surface area contributed by atoms with Crippen LogP contribution in [0, 0.1) is 0 Å². The molecule has 0 fully saturated rings. The van der Waals surface area contributed by atoms with Gasteiger partial charge in [-0.25, -0.2) is 0 Å². The quantitative estimate of drug-likeness (QED) is 0.274. The molecule has 0 heterocycles. The van der Waals surface area contributed by atoms with Crippen molar-refractivity contribution in [3.63, 3.8) is 0 Å². The molecular weight excluding hydrogens is 370 g/mol. The van der Waals surface area contributed by atoms with Gasteiger partial charge in [0.1, 0.15) is 0 Å². The third kappa shape index (κ3) is 12.5. The van der Waals surface area contributed by atoms with Gasteiger partial charge in [-0.05, 0) is 25.0 Å². The van der Waals surface area contributed by atoms with Crippen molar-refractivity contribution in [1.29, 1.82) is 0 Å². The van der Waals surface area contributed by atoms with Gasteiger partial charge in [-0.3, -0.25) is 0 Å². The van der Waals surface area contributed by atoms with Crippen LogP contribution in [0.3, 0.4) is 0 Å². The summed E-state index contributed by atoms with van der Waals surface area (Å²) in [5.74, 6) is 2.82. The maximum atomic E-state index is 2.64. The molecule has 0 radical (unpaired) electrons. The first kappa shape index (κ1) is 21.8. The molecule has 3 heteroatoms. The van der Waals surface area contributed by atoms with E-state index < -0.39 is 7.26 Å².